The normalized spacial score (nSPS) is 11.9. The minimum Gasteiger partial charge on any atom is -0.480 e. The number of nitrogens with one attached hydrogen (secondary N) is 1. The van der Waals surface area contributed by atoms with E-state index < -0.39 is 0 Å². The highest BCUT2D eigenvalue weighted by Gasteiger charge is 2.07. The quantitative estimate of drug-likeness (QED) is 0.848. The van der Waals surface area contributed by atoms with E-state index in [2.05, 4.69) is 31.2 Å². The molecule has 0 spiro atoms. The maximum atomic E-state index is 6.13. The fraction of sp³-hybridized carbons (Fsp3) is 0.286. The second kappa shape index (κ2) is 7.21. The molecule has 1 aromatic carbocycles. The number of nitrogens with two attached hydrogens (primary N) is 1. The van der Waals surface area contributed by atoms with Gasteiger partial charge in [0.15, 0.2) is 0 Å². The number of nitrogens with zero attached hydrogens (tertiary/aromatic N) is 2. The van der Waals surface area contributed by atoms with Gasteiger partial charge in [0.25, 0.3) is 0 Å². The van der Waals surface area contributed by atoms with Gasteiger partial charge in [0.1, 0.15) is 0 Å². The van der Waals surface area contributed by atoms with E-state index in [0.29, 0.717) is 18.4 Å². The van der Waals surface area contributed by atoms with Gasteiger partial charge in [0.05, 0.1) is 17.8 Å². The number of anilines is 1. The second-order valence-electron chi connectivity index (χ2n) is 4.28. The first kappa shape index (κ1) is 14.7. The van der Waals surface area contributed by atoms with Crippen LogP contribution in [-0.2, 0) is 0 Å². The molecule has 1 unspecified atom stereocenters. The monoisotopic (exact) mass is 336 g/mol. The smallest absolute Gasteiger partial charge is 0.232 e. The molecule has 2 aromatic rings. The number of methoxy groups -OCH3 is 1. The largest absolute Gasteiger partial charge is 0.480 e. The first-order chi connectivity index (χ1) is 9.70. The van der Waals surface area contributed by atoms with Crippen molar-refractivity contribution in [1.82, 2.24) is 9.97 Å². The molecule has 0 aliphatic rings. The van der Waals surface area contributed by atoms with Crippen molar-refractivity contribution in [2.75, 3.05) is 19.0 Å². The Hall–Kier alpha value is -1.66. The lowest BCUT2D eigenvalue weighted by Gasteiger charge is -2.12. The molecule has 1 aromatic heterocycles. The molecular formula is C14H17BrN4O. The summed E-state index contributed by atoms with van der Waals surface area (Å²) in [6, 6.07) is 10.0. The lowest BCUT2D eigenvalue weighted by Crippen LogP contribution is -2.16. The van der Waals surface area contributed by atoms with Gasteiger partial charge in [-0.1, -0.05) is 30.3 Å². The lowest BCUT2D eigenvalue weighted by atomic mass is 10.1. The Morgan fingerprint density at radius 3 is 2.80 bits per heavy atom. The van der Waals surface area contributed by atoms with Gasteiger partial charge in [-0.15, -0.1) is 0 Å². The molecule has 0 aliphatic heterocycles. The van der Waals surface area contributed by atoms with Crippen LogP contribution in [0.25, 0.3) is 0 Å². The van der Waals surface area contributed by atoms with E-state index in [1.54, 1.807) is 13.3 Å². The van der Waals surface area contributed by atoms with Crippen molar-refractivity contribution in [2.45, 2.75) is 12.5 Å². The van der Waals surface area contributed by atoms with E-state index in [0.717, 1.165) is 16.5 Å². The highest BCUT2D eigenvalue weighted by molar-refractivity contribution is 9.10. The third-order valence-corrected chi connectivity index (χ3v) is 3.42. The van der Waals surface area contributed by atoms with Crippen molar-refractivity contribution >= 4 is 21.9 Å². The zero-order valence-corrected chi connectivity index (χ0v) is 12.8. The van der Waals surface area contributed by atoms with Crippen molar-refractivity contribution in [2.24, 2.45) is 5.73 Å². The molecule has 20 heavy (non-hydrogen) atoms. The standard InChI is InChI=1S/C14H17BrN4O/c1-20-13-11(15)9-18-14(19-13)17-8-7-12(16)10-5-3-2-4-6-10/h2-6,9,12H,7-8,16H2,1H3,(H,17,18,19). The first-order valence-electron chi connectivity index (χ1n) is 6.31. The van der Waals surface area contributed by atoms with Crippen molar-refractivity contribution in [3.05, 3.63) is 46.6 Å². The SMILES string of the molecule is COc1nc(NCCC(N)c2ccccc2)ncc1Br. The van der Waals surface area contributed by atoms with Crippen LogP contribution in [0.2, 0.25) is 0 Å². The summed E-state index contributed by atoms with van der Waals surface area (Å²) in [4.78, 5) is 8.39. The van der Waals surface area contributed by atoms with Crippen molar-refractivity contribution in [3.8, 4) is 5.88 Å². The van der Waals surface area contributed by atoms with Crippen LogP contribution in [-0.4, -0.2) is 23.6 Å². The second-order valence-corrected chi connectivity index (χ2v) is 5.14. The van der Waals surface area contributed by atoms with Crippen LogP contribution < -0.4 is 15.8 Å². The summed E-state index contributed by atoms with van der Waals surface area (Å²) in [5, 5.41) is 3.14. The third-order valence-electron chi connectivity index (χ3n) is 2.87. The van der Waals surface area contributed by atoms with Crippen molar-refractivity contribution in [1.29, 1.82) is 0 Å². The average molecular weight is 337 g/mol. The molecule has 0 fully saturated rings. The molecule has 6 heteroatoms. The van der Waals surface area contributed by atoms with Crippen LogP contribution >= 0.6 is 15.9 Å². The van der Waals surface area contributed by atoms with E-state index in [4.69, 9.17) is 10.5 Å². The fourth-order valence-corrected chi connectivity index (χ4v) is 2.14. The van der Waals surface area contributed by atoms with E-state index in [9.17, 15) is 0 Å². The van der Waals surface area contributed by atoms with E-state index >= 15 is 0 Å². The average Bonchev–Trinajstić information content (AvgIpc) is 2.49. The van der Waals surface area contributed by atoms with Crippen molar-refractivity contribution < 1.29 is 4.74 Å². The number of hydrogen-bond donors (Lipinski definition) is 2. The molecule has 3 N–H and O–H groups in total. The summed E-state index contributed by atoms with van der Waals surface area (Å²) >= 11 is 3.31. The Bertz CT molecular complexity index is 550. The van der Waals surface area contributed by atoms with E-state index in [1.165, 1.54) is 0 Å². The Balaban J connectivity index is 1.87. The molecule has 0 saturated carbocycles. The first-order valence-corrected chi connectivity index (χ1v) is 7.11. The Morgan fingerprint density at radius 1 is 1.35 bits per heavy atom. The van der Waals surface area contributed by atoms with Crippen LogP contribution in [0.1, 0.15) is 18.0 Å². The molecule has 106 valence electrons. The minimum absolute atomic E-state index is 0.000967. The van der Waals surface area contributed by atoms with E-state index in [-0.39, 0.29) is 6.04 Å². The molecule has 2 rings (SSSR count). The zero-order valence-electron chi connectivity index (χ0n) is 11.2. The number of hydrogen-bond acceptors (Lipinski definition) is 5. The summed E-state index contributed by atoms with van der Waals surface area (Å²) in [6.45, 7) is 0.695. The van der Waals surface area contributed by atoms with Gasteiger partial charge in [-0.3, -0.25) is 0 Å². The maximum Gasteiger partial charge on any atom is 0.232 e. The van der Waals surface area contributed by atoms with E-state index in [1.807, 2.05) is 30.3 Å². The molecule has 0 radical (unpaired) electrons. The summed E-state index contributed by atoms with van der Waals surface area (Å²) in [5.41, 5.74) is 7.25. The minimum atomic E-state index is 0.000967. The van der Waals surface area contributed by atoms with Crippen LogP contribution in [0.15, 0.2) is 41.0 Å². The van der Waals surface area contributed by atoms with Gasteiger partial charge < -0.3 is 15.8 Å². The van der Waals surface area contributed by atoms with Gasteiger partial charge in [0, 0.05) is 12.6 Å². The molecule has 0 amide bonds. The van der Waals surface area contributed by atoms with Gasteiger partial charge in [-0.25, -0.2) is 4.98 Å². The number of benzene rings is 1. The number of ether oxygens (including phenoxy) is 1. The van der Waals surface area contributed by atoms with Crippen LogP contribution in [0.5, 0.6) is 5.88 Å². The summed E-state index contributed by atoms with van der Waals surface area (Å²) < 4.78 is 5.85. The highest BCUT2D eigenvalue weighted by Crippen LogP contribution is 2.22. The predicted octanol–water partition coefficient (Wildman–Crippen LogP) is 2.75. The highest BCUT2D eigenvalue weighted by atomic mass is 79.9. The lowest BCUT2D eigenvalue weighted by molar-refractivity contribution is 0.394. The predicted molar refractivity (Wildman–Crippen MR) is 82.8 cm³/mol. The summed E-state index contributed by atoms with van der Waals surface area (Å²) in [7, 11) is 1.57. The molecule has 0 bridgehead atoms. The number of halogens is 1. The van der Waals surface area contributed by atoms with Crippen molar-refractivity contribution in [3.63, 3.8) is 0 Å². The topological polar surface area (TPSA) is 73.1 Å². The summed E-state index contributed by atoms with van der Waals surface area (Å²) in [5.74, 6) is 1.04. The summed E-state index contributed by atoms with van der Waals surface area (Å²) in [6.07, 6.45) is 2.46. The number of aromatic nitrogens is 2. The molecule has 5 nitrogen and oxygen atoms in total. The Kier molecular flexibility index (Phi) is 5.31. The Morgan fingerprint density at radius 2 is 2.10 bits per heavy atom. The maximum absolute atomic E-state index is 6.13. The molecular weight excluding hydrogens is 320 g/mol. The van der Waals surface area contributed by atoms with Gasteiger partial charge in [-0.05, 0) is 27.9 Å². The van der Waals surface area contributed by atoms with Gasteiger partial charge in [0.2, 0.25) is 11.8 Å². The van der Waals surface area contributed by atoms with Gasteiger partial charge >= 0.3 is 0 Å². The van der Waals surface area contributed by atoms with Crippen LogP contribution in [0.4, 0.5) is 5.95 Å². The molecule has 0 aliphatic carbocycles. The number of rotatable bonds is 6. The van der Waals surface area contributed by atoms with Crippen LogP contribution in [0, 0.1) is 0 Å². The molecule has 1 heterocycles. The Labute approximate surface area is 126 Å². The molecule has 1 atom stereocenters. The third kappa shape index (κ3) is 3.91. The zero-order chi connectivity index (χ0) is 14.4. The van der Waals surface area contributed by atoms with Crippen LogP contribution in [0.3, 0.4) is 0 Å². The van der Waals surface area contributed by atoms with Gasteiger partial charge in [-0.2, -0.15) is 4.98 Å². The fourth-order valence-electron chi connectivity index (χ4n) is 1.79. The molecule has 0 saturated heterocycles.